The molecule has 1 aromatic rings. The Morgan fingerprint density at radius 3 is 2.83 bits per heavy atom. The fourth-order valence-corrected chi connectivity index (χ4v) is 3.96. The number of thioether (sulfide) groups is 1. The predicted molar refractivity (Wildman–Crippen MR) is 80.1 cm³/mol. The second kappa shape index (κ2) is 7.80. The average molecular weight is 264 g/mol. The molecule has 1 unspecified atom stereocenters. The van der Waals surface area contributed by atoms with E-state index in [1.54, 1.807) is 0 Å². The van der Waals surface area contributed by atoms with Crippen LogP contribution < -0.4 is 5.32 Å². The smallest absolute Gasteiger partial charge is 0.0419 e. The van der Waals surface area contributed by atoms with Crippen molar-refractivity contribution >= 4 is 11.8 Å². The van der Waals surface area contributed by atoms with E-state index in [0.717, 1.165) is 11.7 Å². The van der Waals surface area contributed by atoms with Crippen molar-refractivity contribution in [1.29, 1.82) is 0 Å². The monoisotopic (exact) mass is 264 g/mol. The number of rotatable bonds is 6. The zero-order valence-corrected chi connectivity index (χ0v) is 12.1. The van der Waals surface area contributed by atoms with Crippen LogP contribution in [0.15, 0.2) is 24.4 Å². The van der Waals surface area contributed by atoms with E-state index in [4.69, 9.17) is 0 Å². The zero-order chi connectivity index (χ0) is 12.6. The molecule has 0 aromatic carbocycles. The molecule has 1 atom stereocenters. The number of pyridine rings is 1. The molecule has 1 saturated carbocycles. The lowest BCUT2D eigenvalue weighted by Gasteiger charge is -2.23. The second-order valence-electron chi connectivity index (χ2n) is 5.10. The number of hydrogen-bond acceptors (Lipinski definition) is 3. The molecule has 3 heteroatoms. The van der Waals surface area contributed by atoms with Gasteiger partial charge in [0, 0.05) is 35.4 Å². The van der Waals surface area contributed by atoms with Gasteiger partial charge in [-0.3, -0.25) is 4.98 Å². The molecule has 0 bridgehead atoms. The normalized spacial score (nSPS) is 18.7. The van der Waals surface area contributed by atoms with Crippen LogP contribution in [0.1, 0.15) is 37.8 Å². The number of nitrogens with one attached hydrogen (secondary N) is 1. The summed E-state index contributed by atoms with van der Waals surface area (Å²) in [6.45, 7) is 0. The van der Waals surface area contributed by atoms with Crippen LogP contribution >= 0.6 is 11.8 Å². The molecule has 1 fully saturated rings. The molecule has 2 rings (SSSR count). The summed E-state index contributed by atoms with van der Waals surface area (Å²) in [6.07, 6.45) is 10.1. The van der Waals surface area contributed by atoms with Crippen LogP contribution in [0.3, 0.4) is 0 Å². The molecule has 0 radical (unpaired) electrons. The van der Waals surface area contributed by atoms with Gasteiger partial charge in [0.1, 0.15) is 0 Å². The van der Waals surface area contributed by atoms with Crippen molar-refractivity contribution in [3.8, 4) is 0 Å². The molecule has 0 saturated heterocycles. The Balaban J connectivity index is 1.75. The molecule has 2 nitrogen and oxygen atoms in total. The first kappa shape index (κ1) is 13.9. The summed E-state index contributed by atoms with van der Waals surface area (Å²) >= 11 is 2.16. The molecule has 0 aliphatic heterocycles. The Hall–Kier alpha value is -0.540. The number of nitrogens with zero attached hydrogens (tertiary/aromatic N) is 1. The van der Waals surface area contributed by atoms with Gasteiger partial charge in [-0.15, -0.1) is 0 Å². The van der Waals surface area contributed by atoms with Crippen LogP contribution in [0.2, 0.25) is 0 Å². The zero-order valence-electron chi connectivity index (χ0n) is 11.3. The number of likely N-dealkylation sites (N-methyl/N-ethyl adjacent to an activating group) is 1. The van der Waals surface area contributed by atoms with Crippen molar-refractivity contribution in [2.45, 2.75) is 49.8 Å². The van der Waals surface area contributed by atoms with Gasteiger partial charge in [-0.25, -0.2) is 0 Å². The van der Waals surface area contributed by atoms with Crippen molar-refractivity contribution in [1.82, 2.24) is 10.3 Å². The largest absolute Gasteiger partial charge is 0.316 e. The molecule has 1 N–H and O–H groups in total. The highest BCUT2D eigenvalue weighted by Crippen LogP contribution is 2.28. The van der Waals surface area contributed by atoms with E-state index < -0.39 is 0 Å². The summed E-state index contributed by atoms with van der Waals surface area (Å²) < 4.78 is 0. The van der Waals surface area contributed by atoms with E-state index in [1.165, 1.54) is 43.6 Å². The van der Waals surface area contributed by atoms with Crippen molar-refractivity contribution in [3.63, 3.8) is 0 Å². The fraction of sp³-hybridized carbons (Fsp3) is 0.667. The topological polar surface area (TPSA) is 24.9 Å². The Morgan fingerprint density at radius 1 is 1.33 bits per heavy atom. The van der Waals surface area contributed by atoms with Gasteiger partial charge in [0.05, 0.1) is 0 Å². The molecule has 1 aliphatic carbocycles. The van der Waals surface area contributed by atoms with E-state index in [9.17, 15) is 0 Å². The first-order chi connectivity index (χ1) is 8.88. The lowest BCUT2D eigenvalue weighted by atomic mass is 10.0. The minimum absolute atomic E-state index is 0.548. The van der Waals surface area contributed by atoms with E-state index in [2.05, 4.69) is 41.2 Å². The van der Waals surface area contributed by atoms with Crippen molar-refractivity contribution in [3.05, 3.63) is 30.1 Å². The van der Waals surface area contributed by atoms with E-state index in [1.807, 2.05) is 12.3 Å². The van der Waals surface area contributed by atoms with Crippen molar-refractivity contribution in [2.75, 3.05) is 12.8 Å². The lowest BCUT2D eigenvalue weighted by molar-refractivity contribution is 0.514. The maximum Gasteiger partial charge on any atom is 0.0419 e. The third-order valence-corrected chi connectivity index (χ3v) is 5.21. The maximum absolute atomic E-state index is 4.41. The van der Waals surface area contributed by atoms with Crippen molar-refractivity contribution in [2.24, 2.45) is 0 Å². The van der Waals surface area contributed by atoms with Crippen LogP contribution in [-0.4, -0.2) is 29.1 Å². The predicted octanol–water partition coefficient (Wildman–Crippen LogP) is 3.28. The molecule has 18 heavy (non-hydrogen) atoms. The molecule has 0 amide bonds. The van der Waals surface area contributed by atoms with Crippen LogP contribution in [-0.2, 0) is 6.42 Å². The van der Waals surface area contributed by atoms with Gasteiger partial charge in [-0.1, -0.05) is 25.3 Å². The van der Waals surface area contributed by atoms with Gasteiger partial charge in [-0.2, -0.15) is 11.8 Å². The summed E-state index contributed by atoms with van der Waals surface area (Å²) in [6, 6.07) is 6.72. The number of hydrogen-bond donors (Lipinski definition) is 1. The molecule has 100 valence electrons. The SMILES string of the molecule is CNC(CSC1CCCCC1)Cc1ccccn1. The summed E-state index contributed by atoms with van der Waals surface area (Å²) in [5, 5.41) is 4.33. The summed E-state index contributed by atoms with van der Waals surface area (Å²) in [7, 11) is 2.06. The van der Waals surface area contributed by atoms with E-state index >= 15 is 0 Å². The molecule has 0 spiro atoms. The maximum atomic E-state index is 4.41. The minimum atomic E-state index is 0.548. The Bertz CT molecular complexity index is 323. The molecule has 1 aromatic heterocycles. The van der Waals surface area contributed by atoms with Crippen molar-refractivity contribution < 1.29 is 0 Å². The van der Waals surface area contributed by atoms with Crippen LogP contribution in [0.4, 0.5) is 0 Å². The Morgan fingerprint density at radius 2 is 2.17 bits per heavy atom. The highest BCUT2D eigenvalue weighted by Gasteiger charge is 2.16. The van der Waals surface area contributed by atoms with E-state index in [-0.39, 0.29) is 0 Å². The fourth-order valence-electron chi connectivity index (χ4n) is 2.50. The minimum Gasteiger partial charge on any atom is -0.316 e. The highest BCUT2D eigenvalue weighted by atomic mass is 32.2. The summed E-state index contributed by atoms with van der Waals surface area (Å²) in [5.74, 6) is 1.21. The lowest BCUT2D eigenvalue weighted by Crippen LogP contribution is -2.31. The summed E-state index contributed by atoms with van der Waals surface area (Å²) in [5.41, 5.74) is 1.20. The van der Waals surface area contributed by atoms with Gasteiger partial charge in [-0.05, 0) is 32.0 Å². The second-order valence-corrected chi connectivity index (χ2v) is 6.44. The molecular formula is C15H24N2S. The van der Waals surface area contributed by atoms with Gasteiger partial charge in [0.15, 0.2) is 0 Å². The Kier molecular flexibility index (Phi) is 6.01. The standard InChI is InChI=1S/C15H24N2S/c1-16-14(11-13-7-5-6-10-17-13)12-18-15-8-3-2-4-9-15/h5-7,10,14-16H,2-4,8-9,11-12H2,1H3. The van der Waals surface area contributed by atoms with Gasteiger partial charge >= 0.3 is 0 Å². The molecule has 1 aliphatic rings. The summed E-state index contributed by atoms with van der Waals surface area (Å²) in [4.78, 5) is 4.41. The van der Waals surface area contributed by atoms with E-state index in [0.29, 0.717) is 6.04 Å². The van der Waals surface area contributed by atoms with Crippen LogP contribution in [0.5, 0.6) is 0 Å². The van der Waals surface area contributed by atoms with Gasteiger partial charge in [0.2, 0.25) is 0 Å². The Labute approximate surface area is 115 Å². The molecular weight excluding hydrogens is 240 g/mol. The van der Waals surface area contributed by atoms with Crippen LogP contribution in [0, 0.1) is 0 Å². The van der Waals surface area contributed by atoms with Gasteiger partial charge < -0.3 is 5.32 Å². The third kappa shape index (κ3) is 4.62. The first-order valence-corrected chi connectivity index (χ1v) is 8.12. The first-order valence-electron chi connectivity index (χ1n) is 7.07. The average Bonchev–Trinajstić information content (AvgIpc) is 2.45. The third-order valence-electron chi connectivity index (χ3n) is 3.68. The highest BCUT2D eigenvalue weighted by molar-refractivity contribution is 7.99. The van der Waals surface area contributed by atoms with Crippen LogP contribution in [0.25, 0.3) is 0 Å². The van der Waals surface area contributed by atoms with Gasteiger partial charge in [0.25, 0.3) is 0 Å². The number of aromatic nitrogens is 1. The quantitative estimate of drug-likeness (QED) is 0.853. The molecule has 1 heterocycles.